The third-order valence-electron chi connectivity index (χ3n) is 5.54. The van der Waals surface area contributed by atoms with Gasteiger partial charge in [0, 0.05) is 10.6 Å². The Hall–Kier alpha value is -4.25. The zero-order valence-corrected chi connectivity index (χ0v) is 22.8. The number of rotatable bonds is 11. The Morgan fingerprint density at radius 3 is 2.56 bits per heavy atom. The average Bonchev–Trinajstić information content (AvgIpc) is 2.86. The third-order valence-corrected chi connectivity index (χ3v) is 5.89. The zero-order valence-electron chi connectivity index (χ0n) is 22.0. The van der Waals surface area contributed by atoms with Crippen LogP contribution in [0, 0.1) is 6.92 Å². The summed E-state index contributed by atoms with van der Waals surface area (Å²) in [7, 11) is 0. The van der Waals surface area contributed by atoms with Crippen LogP contribution in [0.3, 0.4) is 0 Å². The number of carboxylic acid groups (broad SMARTS) is 1. The Bertz CT molecular complexity index is 1410. The average molecular weight is 559 g/mol. The van der Waals surface area contributed by atoms with Crippen LogP contribution in [-0.2, 0) is 11.3 Å². The first-order valence-electron chi connectivity index (χ1n) is 12.3. The van der Waals surface area contributed by atoms with Crippen molar-refractivity contribution in [1.82, 2.24) is 15.1 Å². The van der Waals surface area contributed by atoms with Gasteiger partial charge >= 0.3 is 12.0 Å². The highest BCUT2D eigenvalue weighted by atomic mass is 35.5. The molecule has 208 valence electrons. The third kappa shape index (κ3) is 7.64. The second-order valence-corrected chi connectivity index (χ2v) is 9.32. The van der Waals surface area contributed by atoms with Gasteiger partial charge in [0.1, 0.15) is 17.2 Å². The van der Waals surface area contributed by atoms with Gasteiger partial charge < -0.3 is 25.0 Å². The minimum absolute atomic E-state index is 0.0792. The van der Waals surface area contributed by atoms with E-state index in [4.69, 9.17) is 21.1 Å². The lowest BCUT2D eigenvalue weighted by atomic mass is 10.0. The van der Waals surface area contributed by atoms with Gasteiger partial charge in [-0.15, -0.1) is 0 Å². The second kappa shape index (κ2) is 13.0. The molecular weight excluding hydrogens is 528 g/mol. The number of ether oxygens (including phenoxy) is 2. The van der Waals surface area contributed by atoms with E-state index in [9.17, 15) is 24.6 Å². The molecule has 3 rings (SSSR count). The lowest BCUT2D eigenvalue weighted by molar-refractivity contribution is -0.137. The number of hydrogen-bond acceptors (Lipinski definition) is 7. The number of halogens is 1. The number of aliphatic carboxylic acids is 1. The van der Waals surface area contributed by atoms with E-state index in [2.05, 4.69) is 15.7 Å². The van der Waals surface area contributed by atoms with Gasteiger partial charge in [-0.05, 0) is 57.5 Å². The number of aryl methyl sites for hydroxylation is 1. The molecule has 12 heteroatoms. The van der Waals surface area contributed by atoms with Crippen molar-refractivity contribution in [3.63, 3.8) is 0 Å². The van der Waals surface area contributed by atoms with Gasteiger partial charge in [0.2, 0.25) is 0 Å². The zero-order chi connectivity index (χ0) is 28.7. The number of carboxylic acids is 1. The molecule has 1 atom stereocenters. The molecule has 0 bridgehead atoms. The molecule has 11 nitrogen and oxygen atoms in total. The molecule has 0 aliphatic rings. The van der Waals surface area contributed by atoms with Crippen molar-refractivity contribution in [3.05, 3.63) is 74.7 Å². The lowest BCUT2D eigenvalue weighted by Gasteiger charge is -2.20. The van der Waals surface area contributed by atoms with Crippen LogP contribution in [0.5, 0.6) is 17.2 Å². The first-order chi connectivity index (χ1) is 18.5. The number of urea groups is 1. The lowest BCUT2D eigenvalue weighted by Crippen LogP contribution is -2.37. The highest BCUT2D eigenvalue weighted by Crippen LogP contribution is 2.28. The van der Waals surface area contributed by atoms with Crippen LogP contribution in [0.4, 0.5) is 10.5 Å². The maximum atomic E-state index is 13.2. The highest BCUT2D eigenvalue weighted by molar-refractivity contribution is 6.31. The van der Waals surface area contributed by atoms with E-state index in [0.29, 0.717) is 34.3 Å². The van der Waals surface area contributed by atoms with E-state index in [1.54, 1.807) is 42.5 Å². The summed E-state index contributed by atoms with van der Waals surface area (Å²) in [6.45, 7) is 7.28. The molecule has 2 amide bonds. The Morgan fingerprint density at radius 1 is 1.18 bits per heavy atom. The van der Waals surface area contributed by atoms with E-state index >= 15 is 0 Å². The minimum Gasteiger partial charge on any atom is -0.504 e. The summed E-state index contributed by atoms with van der Waals surface area (Å²) in [5, 5.41) is 29.4. The molecule has 0 saturated carbocycles. The molecule has 0 radical (unpaired) electrons. The molecule has 0 aliphatic heterocycles. The molecule has 2 aromatic carbocycles. The van der Waals surface area contributed by atoms with E-state index in [0.717, 1.165) is 4.68 Å². The summed E-state index contributed by atoms with van der Waals surface area (Å²) in [6.07, 6.45) is -0.540. The van der Waals surface area contributed by atoms with Gasteiger partial charge in [-0.3, -0.25) is 14.9 Å². The van der Waals surface area contributed by atoms with Crippen LogP contribution in [0.2, 0.25) is 5.02 Å². The van der Waals surface area contributed by atoms with Crippen molar-refractivity contribution in [2.24, 2.45) is 0 Å². The molecule has 0 unspecified atom stereocenters. The Kier molecular flexibility index (Phi) is 9.78. The van der Waals surface area contributed by atoms with Gasteiger partial charge in [0.25, 0.3) is 5.56 Å². The second-order valence-electron chi connectivity index (χ2n) is 8.91. The number of aromatic nitrogens is 2. The largest absolute Gasteiger partial charge is 0.504 e. The number of amides is 2. The van der Waals surface area contributed by atoms with Crippen LogP contribution in [0.1, 0.15) is 50.1 Å². The molecule has 0 aliphatic carbocycles. The molecule has 0 spiro atoms. The summed E-state index contributed by atoms with van der Waals surface area (Å²) < 4.78 is 12.3. The molecule has 0 fully saturated rings. The van der Waals surface area contributed by atoms with Crippen LogP contribution >= 0.6 is 11.6 Å². The number of carbonyl (C=O) groups is 2. The fourth-order valence-corrected chi connectivity index (χ4v) is 4.07. The SMILES string of the molecule is CCOc1cccc(Cl)c1Cn1nc(C)c(O)c(NC(=O)N[C@@H](CC(=O)O)c2cccc(OC(C)C)c2)c1=O. The van der Waals surface area contributed by atoms with Crippen molar-refractivity contribution < 1.29 is 29.3 Å². The molecule has 1 aromatic heterocycles. The summed E-state index contributed by atoms with van der Waals surface area (Å²) >= 11 is 6.35. The molecule has 39 heavy (non-hydrogen) atoms. The number of anilines is 1. The smallest absolute Gasteiger partial charge is 0.319 e. The molecule has 4 N–H and O–H groups in total. The first kappa shape index (κ1) is 29.3. The maximum Gasteiger partial charge on any atom is 0.319 e. The van der Waals surface area contributed by atoms with Crippen molar-refractivity contribution in [2.75, 3.05) is 11.9 Å². The monoisotopic (exact) mass is 558 g/mol. The van der Waals surface area contributed by atoms with Crippen molar-refractivity contribution in [3.8, 4) is 17.2 Å². The van der Waals surface area contributed by atoms with Gasteiger partial charge in [-0.25, -0.2) is 9.48 Å². The Balaban J connectivity index is 1.90. The van der Waals surface area contributed by atoms with Crippen molar-refractivity contribution in [2.45, 2.75) is 52.8 Å². The fraction of sp³-hybridized carbons (Fsp3) is 0.333. The molecule has 1 heterocycles. The normalized spacial score (nSPS) is 11.6. The van der Waals surface area contributed by atoms with Crippen molar-refractivity contribution in [1.29, 1.82) is 0 Å². The number of aromatic hydroxyl groups is 1. The van der Waals surface area contributed by atoms with Gasteiger partial charge in [-0.1, -0.05) is 29.8 Å². The number of nitrogens with one attached hydrogen (secondary N) is 2. The predicted octanol–water partition coefficient (Wildman–Crippen LogP) is 4.48. The Labute approximate surface area is 230 Å². The number of nitrogens with zero attached hydrogens (tertiary/aromatic N) is 2. The minimum atomic E-state index is -1.15. The molecule has 0 saturated heterocycles. The number of carbonyl (C=O) groups excluding carboxylic acids is 1. The summed E-state index contributed by atoms with van der Waals surface area (Å²) in [5.74, 6) is -0.684. The quantitative estimate of drug-likeness (QED) is 0.269. The van der Waals surface area contributed by atoms with Crippen LogP contribution in [-0.4, -0.2) is 44.7 Å². The molecular formula is C27H31ClN4O7. The first-order valence-corrected chi connectivity index (χ1v) is 12.6. The van der Waals surface area contributed by atoms with Gasteiger partial charge in [-0.2, -0.15) is 5.10 Å². The van der Waals surface area contributed by atoms with E-state index in [1.807, 2.05) is 20.8 Å². The maximum absolute atomic E-state index is 13.2. The molecule has 3 aromatic rings. The number of benzene rings is 2. The van der Waals surface area contributed by atoms with Crippen LogP contribution in [0.25, 0.3) is 0 Å². The topological polar surface area (TPSA) is 152 Å². The summed E-state index contributed by atoms with van der Waals surface area (Å²) in [6, 6.07) is 9.91. The fourth-order valence-electron chi connectivity index (χ4n) is 3.85. The van der Waals surface area contributed by atoms with Crippen molar-refractivity contribution >= 4 is 29.3 Å². The summed E-state index contributed by atoms with van der Waals surface area (Å²) in [4.78, 5) is 37.7. The number of hydrogen-bond donors (Lipinski definition) is 4. The highest BCUT2D eigenvalue weighted by Gasteiger charge is 2.23. The summed E-state index contributed by atoms with van der Waals surface area (Å²) in [5.41, 5.74) is -0.147. The van der Waals surface area contributed by atoms with Crippen LogP contribution in [0.15, 0.2) is 47.3 Å². The Morgan fingerprint density at radius 2 is 1.90 bits per heavy atom. The van der Waals surface area contributed by atoms with E-state index in [-0.39, 0.29) is 18.3 Å². The van der Waals surface area contributed by atoms with Gasteiger partial charge in [0.05, 0.1) is 31.7 Å². The standard InChI is InChI=1S/C27H31ClN4O7/c1-5-38-22-11-7-10-20(28)19(22)14-32-26(36)24(25(35)16(4)31-32)30-27(37)29-21(13-23(33)34)17-8-6-9-18(12-17)39-15(2)3/h6-12,15,21,35H,5,13-14H2,1-4H3,(H,33,34)(H2,29,30,37)/t21-/m0/s1. The van der Waals surface area contributed by atoms with E-state index in [1.165, 1.54) is 6.92 Å². The van der Waals surface area contributed by atoms with Gasteiger partial charge in [0.15, 0.2) is 11.4 Å². The van der Waals surface area contributed by atoms with Crippen LogP contribution < -0.4 is 25.7 Å². The van der Waals surface area contributed by atoms with E-state index < -0.39 is 41.5 Å². The predicted molar refractivity (Wildman–Crippen MR) is 146 cm³/mol.